The van der Waals surface area contributed by atoms with Crippen LogP contribution in [0.5, 0.6) is 0 Å². The van der Waals surface area contributed by atoms with Crippen molar-refractivity contribution in [2.45, 2.75) is 56.6 Å². The van der Waals surface area contributed by atoms with Crippen LogP contribution >= 0.6 is 23.5 Å². The van der Waals surface area contributed by atoms with Crippen LogP contribution in [0.25, 0.3) is 0 Å². The predicted octanol–water partition coefficient (Wildman–Crippen LogP) is 4.22. The maximum atomic E-state index is 4.75. The molecule has 1 rings (SSSR count). The molecule has 0 amide bonds. The van der Waals surface area contributed by atoms with Crippen molar-refractivity contribution < 1.29 is 0 Å². The zero-order valence-corrected chi connectivity index (χ0v) is 11.6. The van der Waals surface area contributed by atoms with E-state index in [1.165, 1.54) is 43.6 Å². The Morgan fingerprint density at radius 3 is 2.27 bits per heavy atom. The topological polar surface area (TPSA) is 12.4 Å². The van der Waals surface area contributed by atoms with Crippen LogP contribution in [0.4, 0.5) is 0 Å². The Bertz CT molecular complexity index is 170. The van der Waals surface area contributed by atoms with Gasteiger partial charge >= 0.3 is 0 Å². The largest absolute Gasteiger partial charge is 0.292 e. The van der Waals surface area contributed by atoms with E-state index in [1.807, 2.05) is 23.5 Å². The number of rotatable bonds is 6. The molecule has 0 atom stereocenters. The van der Waals surface area contributed by atoms with E-state index in [0.29, 0.717) is 10.6 Å². The van der Waals surface area contributed by atoms with Crippen molar-refractivity contribution in [2.75, 3.05) is 11.5 Å². The first kappa shape index (κ1) is 13.4. The smallest absolute Gasteiger partial charge is 0.0848 e. The van der Waals surface area contributed by atoms with Gasteiger partial charge in [0.15, 0.2) is 0 Å². The van der Waals surface area contributed by atoms with Gasteiger partial charge in [0.05, 0.1) is 4.58 Å². The van der Waals surface area contributed by atoms with Gasteiger partial charge in [0, 0.05) is 12.3 Å². The van der Waals surface area contributed by atoms with Gasteiger partial charge in [-0.25, -0.2) is 0 Å². The number of nitrogens with zero attached hydrogens (tertiary/aromatic N) is 1. The highest BCUT2D eigenvalue weighted by Crippen LogP contribution is 2.24. The Labute approximate surface area is 103 Å². The first-order valence-corrected chi connectivity index (χ1v) is 8.23. The molecule has 0 spiro atoms. The van der Waals surface area contributed by atoms with E-state index in [4.69, 9.17) is 4.99 Å². The third kappa shape index (κ3) is 5.86. The van der Waals surface area contributed by atoms with Crippen LogP contribution in [0.15, 0.2) is 4.99 Å². The summed E-state index contributed by atoms with van der Waals surface area (Å²) in [7, 11) is 0. The molecule has 1 aliphatic carbocycles. The first-order chi connectivity index (χ1) is 7.36. The summed E-state index contributed by atoms with van der Waals surface area (Å²) in [6.07, 6.45) is 9.03. The van der Waals surface area contributed by atoms with E-state index in [1.54, 1.807) is 0 Å². The molecule has 0 unspecified atom stereocenters. The Balaban J connectivity index is 2.30. The summed E-state index contributed by atoms with van der Waals surface area (Å²) in [5, 5.41) is 0. The van der Waals surface area contributed by atoms with Crippen LogP contribution < -0.4 is 0 Å². The summed E-state index contributed by atoms with van der Waals surface area (Å²) in [5.41, 5.74) is 0. The SMILES string of the molecule is CCSC(C=NC1CCCCC1)SCC. The van der Waals surface area contributed by atoms with E-state index in [9.17, 15) is 0 Å². The molecule has 15 heavy (non-hydrogen) atoms. The minimum atomic E-state index is 0.585. The van der Waals surface area contributed by atoms with E-state index >= 15 is 0 Å². The highest BCUT2D eigenvalue weighted by molar-refractivity contribution is 8.17. The van der Waals surface area contributed by atoms with Gasteiger partial charge in [-0.15, -0.1) is 23.5 Å². The Hall–Kier alpha value is 0.370. The molecule has 1 aliphatic rings. The van der Waals surface area contributed by atoms with Crippen LogP contribution in [0.3, 0.4) is 0 Å². The summed E-state index contributed by atoms with van der Waals surface area (Å²) in [5.74, 6) is 2.38. The van der Waals surface area contributed by atoms with Gasteiger partial charge in [-0.05, 0) is 24.3 Å². The molecule has 0 heterocycles. The predicted molar refractivity (Wildman–Crippen MR) is 75.4 cm³/mol. The lowest BCUT2D eigenvalue weighted by atomic mass is 9.96. The first-order valence-electron chi connectivity index (χ1n) is 6.13. The molecule has 1 nitrogen and oxygen atoms in total. The zero-order chi connectivity index (χ0) is 10.9. The van der Waals surface area contributed by atoms with Crippen molar-refractivity contribution in [3.05, 3.63) is 0 Å². The van der Waals surface area contributed by atoms with Crippen molar-refractivity contribution in [3.8, 4) is 0 Å². The summed E-state index contributed by atoms with van der Waals surface area (Å²) in [4.78, 5) is 4.75. The molecule has 88 valence electrons. The molecule has 0 aromatic heterocycles. The quantitative estimate of drug-likeness (QED) is 0.513. The monoisotopic (exact) mass is 245 g/mol. The normalized spacial score (nSPS) is 19.1. The average Bonchev–Trinajstić information content (AvgIpc) is 2.28. The second-order valence-electron chi connectivity index (χ2n) is 3.87. The lowest BCUT2D eigenvalue weighted by Crippen LogP contribution is -2.11. The molecule has 0 aliphatic heterocycles. The number of thioether (sulfide) groups is 2. The van der Waals surface area contributed by atoms with Crippen molar-refractivity contribution in [3.63, 3.8) is 0 Å². The Morgan fingerprint density at radius 2 is 1.73 bits per heavy atom. The standard InChI is InChI=1S/C12H23NS2/c1-3-14-12(15-4-2)10-13-11-8-6-5-7-9-11/h10-12H,3-9H2,1-2H3. The Morgan fingerprint density at radius 1 is 1.13 bits per heavy atom. The third-order valence-electron chi connectivity index (χ3n) is 2.66. The van der Waals surface area contributed by atoms with Gasteiger partial charge in [-0.1, -0.05) is 33.1 Å². The third-order valence-corrected chi connectivity index (χ3v) is 5.04. The van der Waals surface area contributed by atoms with Crippen LogP contribution in [-0.4, -0.2) is 28.3 Å². The molecular formula is C12H23NS2. The van der Waals surface area contributed by atoms with E-state index in [2.05, 4.69) is 20.1 Å². The fourth-order valence-corrected chi connectivity index (χ4v) is 4.06. The lowest BCUT2D eigenvalue weighted by molar-refractivity contribution is 0.444. The van der Waals surface area contributed by atoms with Crippen molar-refractivity contribution in [1.82, 2.24) is 0 Å². The van der Waals surface area contributed by atoms with E-state index in [0.717, 1.165) is 0 Å². The highest BCUT2D eigenvalue weighted by Gasteiger charge is 2.12. The molecule has 0 aromatic carbocycles. The van der Waals surface area contributed by atoms with Gasteiger partial charge in [0.2, 0.25) is 0 Å². The maximum absolute atomic E-state index is 4.75. The molecular weight excluding hydrogens is 222 g/mol. The Kier molecular flexibility index (Phi) is 7.63. The molecule has 3 heteroatoms. The van der Waals surface area contributed by atoms with Crippen LogP contribution in [0, 0.1) is 0 Å². The fourth-order valence-electron chi connectivity index (χ4n) is 1.88. The van der Waals surface area contributed by atoms with Crippen LogP contribution in [0.1, 0.15) is 46.0 Å². The van der Waals surface area contributed by atoms with Crippen molar-refractivity contribution in [2.24, 2.45) is 4.99 Å². The molecule has 0 saturated heterocycles. The molecule has 0 bridgehead atoms. The van der Waals surface area contributed by atoms with Gasteiger partial charge in [0.25, 0.3) is 0 Å². The number of hydrogen-bond donors (Lipinski definition) is 0. The van der Waals surface area contributed by atoms with Crippen molar-refractivity contribution in [1.29, 1.82) is 0 Å². The summed E-state index contributed by atoms with van der Waals surface area (Å²) in [6, 6.07) is 0.635. The number of hydrogen-bond acceptors (Lipinski definition) is 3. The molecule has 0 aromatic rings. The summed E-state index contributed by atoms with van der Waals surface area (Å²) >= 11 is 4.01. The summed E-state index contributed by atoms with van der Waals surface area (Å²) in [6.45, 7) is 4.45. The van der Waals surface area contributed by atoms with Gasteiger partial charge in [-0.3, -0.25) is 4.99 Å². The molecule has 1 saturated carbocycles. The van der Waals surface area contributed by atoms with Crippen LogP contribution in [-0.2, 0) is 0 Å². The fraction of sp³-hybridized carbons (Fsp3) is 0.917. The van der Waals surface area contributed by atoms with Gasteiger partial charge in [-0.2, -0.15) is 0 Å². The second kappa shape index (κ2) is 8.51. The van der Waals surface area contributed by atoms with Crippen molar-refractivity contribution >= 4 is 29.7 Å². The zero-order valence-electron chi connectivity index (χ0n) is 9.95. The minimum absolute atomic E-state index is 0.585. The van der Waals surface area contributed by atoms with E-state index < -0.39 is 0 Å². The van der Waals surface area contributed by atoms with E-state index in [-0.39, 0.29) is 0 Å². The molecule has 0 radical (unpaired) electrons. The van der Waals surface area contributed by atoms with Gasteiger partial charge < -0.3 is 0 Å². The minimum Gasteiger partial charge on any atom is -0.292 e. The van der Waals surface area contributed by atoms with Crippen LogP contribution in [0.2, 0.25) is 0 Å². The maximum Gasteiger partial charge on any atom is 0.0848 e. The highest BCUT2D eigenvalue weighted by atomic mass is 32.2. The summed E-state index contributed by atoms with van der Waals surface area (Å²) < 4.78 is 0.585. The molecule has 0 N–H and O–H groups in total. The average molecular weight is 245 g/mol. The second-order valence-corrected chi connectivity index (χ2v) is 7.00. The lowest BCUT2D eigenvalue weighted by Gasteiger charge is -2.18. The van der Waals surface area contributed by atoms with Gasteiger partial charge in [0.1, 0.15) is 0 Å². The number of aliphatic imine (C=N–C) groups is 1. The molecule has 1 fully saturated rings.